The molecule has 0 bridgehead atoms. The maximum atomic E-state index is 12.2. The van der Waals surface area contributed by atoms with Gasteiger partial charge in [-0.1, -0.05) is 46.1 Å². The maximum Gasteiger partial charge on any atom is 0.253 e. The Hall–Kier alpha value is -2.62. The quantitative estimate of drug-likeness (QED) is 0.131. The zero-order valence-corrected chi connectivity index (χ0v) is 25.3. The minimum Gasteiger partial charge on any atom is -0.493 e. The lowest BCUT2D eigenvalue weighted by Crippen LogP contribution is -2.44. The summed E-state index contributed by atoms with van der Waals surface area (Å²) in [6.45, 7) is 9.71. The van der Waals surface area contributed by atoms with E-state index in [0.29, 0.717) is 42.7 Å². The third kappa shape index (κ3) is 10.1. The largest absolute Gasteiger partial charge is 0.493 e. The Labute approximate surface area is 239 Å². The summed E-state index contributed by atoms with van der Waals surface area (Å²) < 4.78 is 16.5. The number of benzene rings is 1. The van der Waals surface area contributed by atoms with Crippen LogP contribution in [0.5, 0.6) is 11.5 Å². The van der Waals surface area contributed by atoms with Crippen LogP contribution in [0.25, 0.3) is 0 Å². The van der Waals surface area contributed by atoms with Gasteiger partial charge in [-0.15, -0.1) is 0 Å². The Balaban J connectivity index is 1.97. The summed E-state index contributed by atoms with van der Waals surface area (Å²) in [4.78, 5) is 24.3. The van der Waals surface area contributed by atoms with E-state index in [4.69, 9.17) is 19.9 Å². The topological polar surface area (TPSA) is 132 Å². The van der Waals surface area contributed by atoms with Crippen LogP contribution in [-0.2, 0) is 11.2 Å². The van der Waals surface area contributed by atoms with Crippen molar-refractivity contribution < 1.29 is 19.3 Å². The first-order valence-corrected chi connectivity index (χ1v) is 14.7. The van der Waals surface area contributed by atoms with Crippen molar-refractivity contribution in [3.05, 3.63) is 44.2 Å². The van der Waals surface area contributed by atoms with Crippen LogP contribution in [0.3, 0.4) is 0 Å². The molecule has 4 atom stereocenters. The predicted octanol–water partition coefficient (Wildman–Crippen LogP) is 4.09. The molecule has 0 radical (unpaired) electrons. The molecule has 9 heteroatoms. The molecule has 0 amide bonds. The van der Waals surface area contributed by atoms with E-state index in [0.717, 1.165) is 44.1 Å². The van der Waals surface area contributed by atoms with E-state index >= 15 is 0 Å². The number of nitrogens with one attached hydrogen (secondary N) is 2. The molecule has 9 nitrogen and oxygen atoms in total. The third-order valence-corrected chi connectivity index (χ3v) is 7.52. The number of ether oxygens (including phenoxy) is 3. The second kappa shape index (κ2) is 17.3. The SMILES string of the molecule is CCCCCC(C)Nc1c(NC[C@H](O)[C@@H](N)C[C@H](Cc2ccc(OC)c(OCCCOC)c2)C(C)C)c(=O)c1=O. The highest BCUT2D eigenvalue weighted by Crippen LogP contribution is 2.31. The van der Waals surface area contributed by atoms with Gasteiger partial charge in [-0.25, -0.2) is 0 Å². The van der Waals surface area contributed by atoms with Crippen molar-refractivity contribution in [2.45, 2.75) is 90.8 Å². The smallest absolute Gasteiger partial charge is 0.253 e. The fourth-order valence-electron chi connectivity index (χ4n) is 4.82. The lowest BCUT2D eigenvalue weighted by molar-refractivity contribution is 0.137. The molecule has 0 fully saturated rings. The number of hydrogen-bond acceptors (Lipinski definition) is 9. The minimum atomic E-state index is -0.879. The van der Waals surface area contributed by atoms with Gasteiger partial charge in [0.2, 0.25) is 0 Å². The second-order valence-corrected chi connectivity index (χ2v) is 11.2. The van der Waals surface area contributed by atoms with Crippen LogP contribution in [0.4, 0.5) is 11.4 Å². The molecule has 0 saturated carbocycles. The van der Waals surface area contributed by atoms with Gasteiger partial charge in [0.15, 0.2) is 11.5 Å². The Bertz CT molecular complexity index is 1080. The van der Waals surface area contributed by atoms with Gasteiger partial charge in [0, 0.05) is 38.8 Å². The van der Waals surface area contributed by atoms with Crippen LogP contribution < -0.4 is 36.7 Å². The summed E-state index contributed by atoms with van der Waals surface area (Å²) in [5, 5.41) is 17.0. The second-order valence-electron chi connectivity index (χ2n) is 11.2. The Kier molecular flexibility index (Phi) is 14.5. The molecule has 1 unspecified atom stereocenters. The monoisotopic (exact) mass is 561 g/mol. The Morgan fingerprint density at radius 1 is 0.975 bits per heavy atom. The molecular weight excluding hydrogens is 510 g/mol. The molecule has 0 spiro atoms. The average molecular weight is 562 g/mol. The van der Waals surface area contributed by atoms with Crippen LogP contribution in [0.2, 0.25) is 0 Å². The Morgan fingerprint density at radius 3 is 2.35 bits per heavy atom. The Morgan fingerprint density at radius 2 is 1.70 bits per heavy atom. The zero-order valence-electron chi connectivity index (χ0n) is 25.3. The number of aliphatic hydroxyl groups excluding tert-OH is 1. The number of aliphatic hydroxyl groups is 1. The third-order valence-electron chi connectivity index (χ3n) is 7.52. The van der Waals surface area contributed by atoms with Crippen LogP contribution in [0, 0.1) is 11.8 Å². The fourth-order valence-corrected chi connectivity index (χ4v) is 4.82. The molecule has 2 rings (SSSR count). The highest BCUT2D eigenvalue weighted by atomic mass is 16.5. The van der Waals surface area contributed by atoms with E-state index in [1.807, 2.05) is 25.1 Å². The number of unbranched alkanes of at least 4 members (excludes halogenated alkanes) is 2. The summed E-state index contributed by atoms with van der Waals surface area (Å²) in [7, 11) is 3.29. The highest BCUT2D eigenvalue weighted by molar-refractivity contribution is 5.74. The van der Waals surface area contributed by atoms with Crippen molar-refractivity contribution in [2.75, 3.05) is 44.6 Å². The van der Waals surface area contributed by atoms with Crippen molar-refractivity contribution in [3.63, 3.8) is 0 Å². The molecule has 2 aromatic carbocycles. The minimum absolute atomic E-state index is 0.0867. The normalized spacial score (nSPS) is 14.6. The van der Waals surface area contributed by atoms with Crippen LogP contribution in [0.15, 0.2) is 27.8 Å². The van der Waals surface area contributed by atoms with Crippen molar-refractivity contribution >= 4 is 11.4 Å². The first-order valence-electron chi connectivity index (χ1n) is 14.7. The molecule has 40 heavy (non-hydrogen) atoms. The lowest BCUT2D eigenvalue weighted by Gasteiger charge is -2.28. The first-order chi connectivity index (χ1) is 19.1. The summed E-state index contributed by atoms with van der Waals surface area (Å²) in [6.07, 6.45) is 5.52. The molecule has 0 aromatic heterocycles. The van der Waals surface area contributed by atoms with E-state index in [9.17, 15) is 14.7 Å². The van der Waals surface area contributed by atoms with Crippen LogP contribution in [0.1, 0.15) is 71.8 Å². The van der Waals surface area contributed by atoms with Gasteiger partial charge in [-0.2, -0.15) is 0 Å². The molecule has 226 valence electrons. The van der Waals surface area contributed by atoms with E-state index in [2.05, 4.69) is 31.4 Å². The standard InChI is InChI=1S/C31H51N3O6/c1-7-8-9-11-21(4)34-29-28(30(36)31(29)37)33-19-25(35)24(32)18-23(20(2)3)16-22-12-13-26(39-6)27(17-22)40-15-10-14-38-5/h12-13,17,20-21,23-25,33-35H,7-11,14-16,18-19,32H2,1-6H3/t21?,23-,24-,25-/m0/s1. The summed E-state index contributed by atoms with van der Waals surface area (Å²) in [6, 6.07) is 5.54. The molecule has 0 aliphatic carbocycles. The molecule has 0 aliphatic rings. The highest BCUT2D eigenvalue weighted by Gasteiger charge is 2.26. The molecule has 5 N–H and O–H groups in total. The number of rotatable bonds is 21. The summed E-state index contributed by atoms with van der Waals surface area (Å²) in [5.41, 5.74) is 7.04. The molecule has 2 aromatic rings. The number of nitrogens with two attached hydrogens (primary N) is 1. The van der Waals surface area contributed by atoms with Crippen LogP contribution in [-0.4, -0.2) is 57.3 Å². The van der Waals surface area contributed by atoms with E-state index in [1.165, 1.54) is 0 Å². The lowest BCUT2D eigenvalue weighted by atomic mass is 9.83. The van der Waals surface area contributed by atoms with Crippen molar-refractivity contribution in [1.82, 2.24) is 0 Å². The predicted molar refractivity (Wildman–Crippen MR) is 163 cm³/mol. The van der Waals surface area contributed by atoms with Gasteiger partial charge in [0.1, 0.15) is 11.4 Å². The van der Waals surface area contributed by atoms with Crippen LogP contribution >= 0.6 is 0 Å². The number of anilines is 2. The van der Waals surface area contributed by atoms with Gasteiger partial charge in [0.25, 0.3) is 10.9 Å². The van der Waals surface area contributed by atoms with Gasteiger partial charge in [-0.3, -0.25) is 9.59 Å². The van der Waals surface area contributed by atoms with Crippen molar-refractivity contribution in [3.8, 4) is 11.5 Å². The van der Waals surface area contributed by atoms with Crippen molar-refractivity contribution in [1.29, 1.82) is 0 Å². The maximum absolute atomic E-state index is 12.2. The summed E-state index contributed by atoms with van der Waals surface area (Å²) in [5.74, 6) is 1.93. The van der Waals surface area contributed by atoms with Gasteiger partial charge >= 0.3 is 0 Å². The van der Waals surface area contributed by atoms with E-state index in [1.54, 1.807) is 14.2 Å². The average Bonchev–Trinajstić information content (AvgIpc) is 2.94. The number of hydrogen-bond donors (Lipinski definition) is 4. The van der Waals surface area contributed by atoms with Gasteiger partial charge in [0.05, 0.1) is 19.8 Å². The fraction of sp³-hybridized carbons (Fsp3) is 0.677. The number of methoxy groups -OCH3 is 2. The van der Waals surface area contributed by atoms with E-state index in [-0.39, 0.29) is 24.2 Å². The van der Waals surface area contributed by atoms with Crippen molar-refractivity contribution in [2.24, 2.45) is 17.6 Å². The van der Waals surface area contributed by atoms with E-state index < -0.39 is 23.0 Å². The first kappa shape index (κ1) is 33.6. The molecular formula is C31H51N3O6. The van der Waals surface area contributed by atoms with Gasteiger partial charge in [-0.05, 0) is 55.7 Å². The molecule has 0 heterocycles. The summed E-state index contributed by atoms with van der Waals surface area (Å²) >= 11 is 0. The van der Waals surface area contributed by atoms with Gasteiger partial charge < -0.3 is 35.7 Å². The molecule has 0 saturated heterocycles. The molecule has 0 aliphatic heterocycles. The zero-order chi connectivity index (χ0) is 29.7.